The molecule has 0 aliphatic carbocycles. The molecule has 24 heavy (non-hydrogen) atoms. The Labute approximate surface area is 144 Å². The number of aryl methyl sites for hydroxylation is 2. The Bertz CT molecular complexity index is 1040. The van der Waals surface area contributed by atoms with Gasteiger partial charge < -0.3 is 4.98 Å². The van der Waals surface area contributed by atoms with Crippen LogP contribution in [0.2, 0.25) is 0 Å². The maximum atomic E-state index is 12.2. The third-order valence-electron chi connectivity index (χ3n) is 3.98. The summed E-state index contributed by atoms with van der Waals surface area (Å²) in [5.74, 6) is 0. The van der Waals surface area contributed by atoms with E-state index >= 15 is 0 Å². The van der Waals surface area contributed by atoms with Crippen molar-refractivity contribution in [2.45, 2.75) is 24.5 Å². The predicted octanol–water partition coefficient (Wildman–Crippen LogP) is 2.73. The van der Waals surface area contributed by atoms with Gasteiger partial charge in [0, 0.05) is 17.6 Å². The van der Waals surface area contributed by atoms with Crippen LogP contribution in [0.15, 0.2) is 44.7 Å². The fourth-order valence-corrected chi connectivity index (χ4v) is 4.58. The van der Waals surface area contributed by atoms with Crippen LogP contribution < -0.4 is 10.3 Å². The lowest BCUT2D eigenvalue weighted by molar-refractivity contribution is 0.583. The molecule has 0 bridgehead atoms. The van der Waals surface area contributed by atoms with Crippen molar-refractivity contribution in [2.75, 3.05) is 6.54 Å². The fourth-order valence-electron chi connectivity index (χ4n) is 2.52. The highest BCUT2D eigenvalue weighted by molar-refractivity contribution is 7.91. The van der Waals surface area contributed by atoms with E-state index < -0.39 is 10.0 Å². The zero-order chi connectivity index (χ0) is 17.3. The number of benzene rings is 1. The Balaban J connectivity index is 1.79. The van der Waals surface area contributed by atoms with Crippen molar-refractivity contribution in [3.63, 3.8) is 0 Å². The average Bonchev–Trinajstić information content (AvgIpc) is 3.05. The number of sulfonamides is 1. The number of hydrogen-bond donors (Lipinski definition) is 2. The van der Waals surface area contributed by atoms with Crippen LogP contribution in [0, 0.1) is 13.8 Å². The summed E-state index contributed by atoms with van der Waals surface area (Å²) in [6, 6.07) is 9.06. The van der Waals surface area contributed by atoms with Crippen molar-refractivity contribution in [2.24, 2.45) is 0 Å². The van der Waals surface area contributed by atoms with Crippen molar-refractivity contribution in [3.8, 4) is 0 Å². The highest BCUT2D eigenvalue weighted by Gasteiger charge is 2.14. The summed E-state index contributed by atoms with van der Waals surface area (Å²) in [6.07, 6.45) is 0.336. The molecule has 2 heterocycles. The first-order valence-corrected chi connectivity index (χ1v) is 9.89. The summed E-state index contributed by atoms with van der Waals surface area (Å²) >= 11 is 1.17. The molecule has 0 fully saturated rings. The van der Waals surface area contributed by atoms with E-state index in [0.29, 0.717) is 12.0 Å². The SMILES string of the molecule is Cc1cc2cc(CCNS(=O)(=O)c3cccs3)c(=O)[nH]c2cc1C. The van der Waals surface area contributed by atoms with E-state index in [1.54, 1.807) is 17.5 Å². The molecule has 7 heteroatoms. The molecule has 126 valence electrons. The predicted molar refractivity (Wildman–Crippen MR) is 97.3 cm³/mol. The van der Waals surface area contributed by atoms with Gasteiger partial charge in [-0.05, 0) is 66.4 Å². The second-order valence-electron chi connectivity index (χ2n) is 5.73. The first-order chi connectivity index (χ1) is 11.4. The quantitative estimate of drug-likeness (QED) is 0.732. The Kier molecular flexibility index (Phi) is 4.58. The second kappa shape index (κ2) is 6.51. The Morgan fingerprint density at radius 3 is 2.62 bits per heavy atom. The van der Waals surface area contributed by atoms with Crippen molar-refractivity contribution in [3.05, 3.63) is 62.8 Å². The summed E-state index contributed by atoms with van der Waals surface area (Å²) < 4.78 is 27.0. The lowest BCUT2D eigenvalue weighted by Crippen LogP contribution is -2.27. The maximum absolute atomic E-state index is 12.2. The van der Waals surface area contributed by atoms with Gasteiger partial charge in [-0.15, -0.1) is 11.3 Å². The zero-order valence-electron chi connectivity index (χ0n) is 13.4. The lowest BCUT2D eigenvalue weighted by atomic mass is 10.0. The van der Waals surface area contributed by atoms with Crippen LogP contribution in [-0.2, 0) is 16.4 Å². The van der Waals surface area contributed by atoms with E-state index in [9.17, 15) is 13.2 Å². The molecule has 2 aromatic heterocycles. The molecule has 0 amide bonds. The summed E-state index contributed by atoms with van der Waals surface area (Å²) in [5.41, 5.74) is 3.46. The first-order valence-electron chi connectivity index (χ1n) is 7.53. The van der Waals surface area contributed by atoms with Crippen molar-refractivity contribution >= 4 is 32.3 Å². The topological polar surface area (TPSA) is 79.0 Å². The van der Waals surface area contributed by atoms with Gasteiger partial charge in [0.15, 0.2) is 0 Å². The minimum absolute atomic E-state index is 0.180. The summed E-state index contributed by atoms with van der Waals surface area (Å²) in [5, 5.41) is 2.67. The molecule has 0 aliphatic rings. The Morgan fingerprint density at radius 2 is 1.92 bits per heavy atom. The number of thiophene rings is 1. The molecule has 0 unspecified atom stereocenters. The minimum Gasteiger partial charge on any atom is -0.322 e. The molecule has 5 nitrogen and oxygen atoms in total. The van der Waals surface area contributed by atoms with Gasteiger partial charge in [-0.25, -0.2) is 13.1 Å². The summed E-state index contributed by atoms with van der Waals surface area (Å²) in [4.78, 5) is 15.1. The van der Waals surface area contributed by atoms with Crippen LogP contribution in [0.1, 0.15) is 16.7 Å². The Hall–Kier alpha value is -1.96. The van der Waals surface area contributed by atoms with Gasteiger partial charge in [0.05, 0.1) is 0 Å². The molecule has 0 spiro atoms. The van der Waals surface area contributed by atoms with Crippen LogP contribution >= 0.6 is 11.3 Å². The highest BCUT2D eigenvalue weighted by Crippen LogP contribution is 2.18. The van der Waals surface area contributed by atoms with E-state index in [1.165, 1.54) is 11.3 Å². The molecule has 0 saturated heterocycles. The summed E-state index contributed by atoms with van der Waals surface area (Å²) in [6.45, 7) is 4.20. The average molecular weight is 362 g/mol. The number of aromatic amines is 1. The molecule has 3 aromatic rings. The molecule has 0 atom stereocenters. The van der Waals surface area contributed by atoms with Crippen molar-refractivity contribution < 1.29 is 8.42 Å². The van der Waals surface area contributed by atoms with Gasteiger partial charge >= 0.3 is 0 Å². The van der Waals surface area contributed by atoms with Gasteiger partial charge in [0.1, 0.15) is 4.21 Å². The monoisotopic (exact) mass is 362 g/mol. The van der Waals surface area contributed by atoms with Crippen LogP contribution in [0.25, 0.3) is 10.9 Å². The molecule has 0 saturated carbocycles. The number of fused-ring (bicyclic) bond motifs is 1. The number of H-pyrrole nitrogens is 1. The molecule has 1 aromatic carbocycles. The van der Waals surface area contributed by atoms with E-state index in [4.69, 9.17) is 0 Å². The highest BCUT2D eigenvalue weighted by atomic mass is 32.2. The van der Waals surface area contributed by atoms with Gasteiger partial charge in [-0.1, -0.05) is 6.07 Å². The third-order valence-corrected chi connectivity index (χ3v) is 6.84. The van der Waals surface area contributed by atoms with E-state index in [2.05, 4.69) is 9.71 Å². The molecule has 2 N–H and O–H groups in total. The molecule has 3 rings (SSSR count). The Morgan fingerprint density at radius 1 is 1.17 bits per heavy atom. The molecule has 0 aliphatic heterocycles. The van der Waals surface area contributed by atoms with Gasteiger partial charge in [0.2, 0.25) is 10.0 Å². The van der Waals surface area contributed by atoms with E-state index in [-0.39, 0.29) is 16.3 Å². The van der Waals surface area contributed by atoms with E-state index in [1.807, 2.05) is 32.0 Å². The number of hydrogen-bond acceptors (Lipinski definition) is 4. The third kappa shape index (κ3) is 3.43. The lowest BCUT2D eigenvalue weighted by Gasteiger charge is -2.07. The number of pyridine rings is 1. The van der Waals surface area contributed by atoms with Gasteiger partial charge in [0.25, 0.3) is 5.56 Å². The van der Waals surface area contributed by atoms with Crippen LogP contribution in [0.4, 0.5) is 0 Å². The smallest absolute Gasteiger partial charge is 0.251 e. The van der Waals surface area contributed by atoms with E-state index in [0.717, 1.165) is 22.0 Å². The number of aromatic nitrogens is 1. The largest absolute Gasteiger partial charge is 0.322 e. The molecular formula is C17H18N2O3S2. The normalized spacial score (nSPS) is 11.9. The molecular weight excluding hydrogens is 344 g/mol. The van der Waals surface area contributed by atoms with Gasteiger partial charge in [-0.3, -0.25) is 4.79 Å². The fraction of sp³-hybridized carbons (Fsp3) is 0.235. The summed E-state index contributed by atoms with van der Waals surface area (Å²) in [7, 11) is -3.50. The van der Waals surface area contributed by atoms with Crippen LogP contribution in [0.3, 0.4) is 0 Å². The number of nitrogens with one attached hydrogen (secondary N) is 2. The maximum Gasteiger partial charge on any atom is 0.251 e. The van der Waals surface area contributed by atoms with Crippen LogP contribution in [0.5, 0.6) is 0 Å². The first kappa shape index (κ1) is 16.9. The van der Waals surface area contributed by atoms with Gasteiger partial charge in [-0.2, -0.15) is 0 Å². The molecule has 0 radical (unpaired) electrons. The second-order valence-corrected chi connectivity index (χ2v) is 8.67. The minimum atomic E-state index is -3.50. The zero-order valence-corrected chi connectivity index (χ0v) is 15.1. The van der Waals surface area contributed by atoms with Crippen LogP contribution in [-0.4, -0.2) is 19.9 Å². The van der Waals surface area contributed by atoms with Crippen molar-refractivity contribution in [1.82, 2.24) is 9.71 Å². The van der Waals surface area contributed by atoms with Crippen molar-refractivity contribution in [1.29, 1.82) is 0 Å². The number of rotatable bonds is 5. The standard InChI is InChI=1S/C17H18N2O3S2/c1-11-8-14-10-13(17(20)19-15(14)9-12(11)2)5-6-18-24(21,22)16-4-3-7-23-16/h3-4,7-10,18H,5-6H2,1-2H3,(H,19,20).